The van der Waals surface area contributed by atoms with E-state index in [-0.39, 0.29) is 21.9 Å². The highest BCUT2D eigenvalue weighted by atomic mass is 35.5. The van der Waals surface area contributed by atoms with Crippen LogP contribution < -0.4 is 5.32 Å². The van der Waals surface area contributed by atoms with Gasteiger partial charge in [-0.3, -0.25) is 9.59 Å². The lowest BCUT2D eigenvalue weighted by atomic mass is 10.0. The van der Waals surface area contributed by atoms with E-state index in [1.807, 2.05) is 19.1 Å². The summed E-state index contributed by atoms with van der Waals surface area (Å²) >= 11 is 6.00. The maximum Gasteiger partial charge on any atom is 0.305 e. The first-order valence-corrected chi connectivity index (χ1v) is 10.2. The van der Waals surface area contributed by atoms with Gasteiger partial charge >= 0.3 is 5.97 Å². The van der Waals surface area contributed by atoms with Crippen LogP contribution in [0.1, 0.15) is 33.9 Å². The normalized spacial score (nSPS) is 12.6. The summed E-state index contributed by atoms with van der Waals surface area (Å²) in [7, 11) is -1.12. The van der Waals surface area contributed by atoms with Crippen molar-refractivity contribution >= 4 is 33.5 Å². The zero-order valence-electron chi connectivity index (χ0n) is 15.6. The molecule has 0 aliphatic carbocycles. The Balaban J connectivity index is 2.36. The number of rotatable bonds is 7. The van der Waals surface area contributed by atoms with E-state index in [1.165, 1.54) is 32.3 Å². The van der Waals surface area contributed by atoms with Gasteiger partial charge in [0, 0.05) is 19.7 Å². The van der Waals surface area contributed by atoms with E-state index >= 15 is 0 Å². The van der Waals surface area contributed by atoms with Crippen LogP contribution in [0.25, 0.3) is 0 Å². The van der Waals surface area contributed by atoms with Crippen LogP contribution in [0.3, 0.4) is 0 Å². The fourth-order valence-corrected chi connectivity index (χ4v) is 3.90. The molecule has 1 atom stereocenters. The predicted octanol–water partition coefficient (Wildman–Crippen LogP) is 2.84. The number of carboxylic acid groups (broad SMARTS) is 1. The lowest BCUT2D eigenvalue weighted by molar-refractivity contribution is -0.137. The molecule has 150 valence electrons. The van der Waals surface area contributed by atoms with Gasteiger partial charge in [0.15, 0.2) is 0 Å². The minimum Gasteiger partial charge on any atom is -0.481 e. The van der Waals surface area contributed by atoms with Gasteiger partial charge in [-0.25, -0.2) is 12.7 Å². The van der Waals surface area contributed by atoms with E-state index in [9.17, 15) is 23.1 Å². The van der Waals surface area contributed by atoms with Crippen LogP contribution in [0, 0.1) is 6.92 Å². The highest BCUT2D eigenvalue weighted by molar-refractivity contribution is 7.89. The number of nitrogens with zero attached hydrogens (tertiary/aromatic N) is 1. The Morgan fingerprint density at radius 3 is 2.29 bits per heavy atom. The summed E-state index contributed by atoms with van der Waals surface area (Å²) in [4.78, 5) is 23.7. The summed E-state index contributed by atoms with van der Waals surface area (Å²) in [6, 6.07) is 10.3. The van der Waals surface area contributed by atoms with E-state index in [1.54, 1.807) is 12.1 Å². The van der Waals surface area contributed by atoms with Crippen LogP contribution in [-0.4, -0.2) is 43.8 Å². The largest absolute Gasteiger partial charge is 0.481 e. The second kappa shape index (κ2) is 8.72. The molecule has 0 aromatic heterocycles. The molecule has 0 fully saturated rings. The molecule has 2 rings (SSSR count). The fraction of sp³-hybridized carbons (Fsp3) is 0.263. The summed E-state index contributed by atoms with van der Waals surface area (Å²) in [6.45, 7) is 1.90. The third-order valence-electron chi connectivity index (χ3n) is 4.12. The molecule has 0 saturated heterocycles. The Bertz CT molecular complexity index is 988. The molecular weight excluding hydrogens is 404 g/mol. The first-order valence-electron chi connectivity index (χ1n) is 8.33. The SMILES string of the molecule is Cc1ccc([C@H](CC(=O)O)NC(=O)c2ccc(Cl)c(S(=O)(=O)N(C)C)c2)cc1. The van der Waals surface area contributed by atoms with Crippen molar-refractivity contribution in [1.29, 1.82) is 0 Å². The van der Waals surface area contributed by atoms with Gasteiger partial charge in [-0.2, -0.15) is 0 Å². The second-order valence-corrected chi connectivity index (χ2v) is 8.99. The van der Waals surface area contributed by atoms with Gasteiger partial charge in [-0.1, -0.05) is 41.4 Å². The Morgan fingerprint density at radius 2 is 1.75 bits per heavy atom. The smallest absolute Gasteiger partial charge is 0.305 e. The maximum atomic E-state index is 12.7. The molecule has 28 heavy (non-hydrogen) atoms. The van der Waals surface area contributed by atoms with Crippen molar-refractivity contribution in [2.75, 3.05) is 14.1 Å². The van der Waals surface area contributed by atoms with Crippen molar-refractivity contribution in [2.45, 2.75) is 24.3 Å². The quantitative estimate of drug-likeness (QED) is 0.711. The summed E-state index contributed by atoms with van der Waals surface area (Å²) in [5.41, 5.74) is 1.70. The first kappa shape index (κ1) is 21.9. The molecule has 0 radical (unpaired) electrons. The van der Waals surface area contributed by atoms with Crippen LogP contribution in [0.5, 0.6) is 0 Å². The van der Waals surface area contributed by atoms with Crippen LogP contribution in [0.2, 0.25) is 5.02 Å². The number of halogens is 1. The monoisotopic (exact) mass is 424 g/mol. The Kier molecular flexibility index (Phi) is 6.82. The van der Waals surface area contributed by atoms with E-state index < -0.39 is 27.9 Å². The van der Waals surface area contributed by atoms with Gasteiger partial charge in [0.05, 0.1) is 17.5 Å². The zero-order valence-corrected chi connectivity index (χ0v) is 17.2. The van der Waals surface area contributed by atoms with Crippen molar-refractivity contribution in [2.24, 2.45) is 0 Å². The molecule has 0 aliphatic heterocycles. The van der Waals surface area contributed by atoms with Crippen molar-refractivity contribution in [3.63, 3.8) is 0 Å². The van der Waals surface area contributed by atoms with E-state index in [4.69, 9.17) is 11.6 Å². The lowest BCUT2D eigenvalue weighted by Crippen LogP contribution is -2.30. The molecule has 9 heteroatoms. The minimum atomic E-state index is -3.84. The molecule has 0 heterocycles. The molecular formula is C19H21ClN2O5S. The molecule has 0 unspecified atom stereocenters. The number of aryl methyl sites for hydroxylation is 1. The number of nitrogens with one attached hydrogen (secondary N) is 1. The number of hydrogen-bond donors (Lipinski definition) is 2. The molecule has 0 saturated carbocycles. The van der Waals surface area contributed by atoms with E-state index in [2.05, 4.69) is 5.32 Å². The average molecular weight is 425 g/mol. The van der Waals surface area contributed by atoms with Gasteiger partial charge in [0.1, 0.15) is 4.90 Å². The number of hydrogen-bond acceptors (Lipinski definition) is 4. The third kappa shape index (κ3) is 5.09. The van der Waals surface area contributed by atoms with Gasteiger partial charge in [0.2, 0.25) is 10.0 Å². The Morgan fingerprint density at radius 1 is 1.14 bits per heavy atom. The molecule has 0 aliphatic rings. The Labute approximate surface area is 169 Å². The van der Waals surface area contributed by atoms with Crippen molar-refractivity contribution in [3.8, 4) is 0 Å². The highest BCUT2D eigenvalue weighted by Gasteiger charge is 2.24. The zero-order chi connectivity index (χ0) is 21.1. The number of benzene rings is 2. The number of carbonyl (C=O) groups is 2. The Hall–Kier alpha value is -2.42. The summed E-state index contributed by atoms with van der Waals surface area (Å²) < 4.78 is 25.8. The number of amides is 1. The van der Waals surface area contributed by atoms with E-state index in [0.717, 1.165) is 9.87 Å². The molecule has 2 aromatic carbocycles. The van der Waals surface area contributed by atoms with Gasteiger partial charge < -0.3 is 10.4 Å². The number of aliphatic carboxylic acids is 1. The average Bonchev–Trinajstić information content (AvgIpc) is 2.61. The predicted molar refractivity (Wildman–Crippen MR) is 106 cm³/mol. The van der Waals surface area contributed by atoms with E-state index in [0.29, 0.717) is 5.56 Å². The molecule has 2 aromatic rings. The van der Waals surface area contributed by atoms with Crippen LogP contribution in [0.4, 0.5) is 0 Å². The third-order valence-corrected chi connectivity index (χ3v) is 6.41. The highest BCUT2D eigenvalue weighted by Crippen LogP contribution is 2.25. The molecule has 7 nitrogen and oxygen atoms in total. The first-order chi connectivity index (χ1) is 13.0. The van der Waals surface area contributed by atoms with Gasteiger partial charge in [-0.05, 0) is 30.7 Å². The molecule has 2 N–H and O–H groups in total. The molecule has 0 bridgehead atoms. The van der Waals surface area contributed by atoms with Gasteiger partial charge in [-0.15, -0.1) is 0 Å². The van der Waals surface area contributed by atoms with Crippen molar-refractivity contribution in [1.82, 2.24) is 9.62 Å². The topological polar surface area (TPSA) is 104 Å². The maximum absolute atomic E-state index is 12.7. The van der Waals surface area contributed by atoms with Gasteiger partial charge in [0.25, 0.3) is 5.91 Å². The second-order valence-electron chi connectivity index (χ2n) is 6.47. The lowest BCUT2D eigenvalue weighted by Gasteiger charge is -2.19. The minimum absolute atomic E-state index is 0.00845. The molecule has 1 amide bonds. The number of carbonyl (C=O) groups excluding carboxylic acids is 1. The fourth-order valence-electron chi connectivity index (χ4n) is 2.51. The van der Waals surface area contributed by atoms with Crippen LogP contribution >= 0.6 is 11.6 Å². The van der Waals surface area contributed by atoms with Crippen LogP contribution in [-0.2, 0) is 14.8 Å². The number of carboxylic acids is 1. The van der Waals surface area contributed by atoms with Crippen molar-refractivity contribution in [3.05, 3.63) is 64.2 Å². The van der Waals surface area contributed by atoms with Crippen LogP contribution in [0.15, 0.2) is 47.4 Å². The summed E-state index contributed by atoms with van der Waals surface area (Å²) in [5.74, 6) is -1.67. The van der Waals surface area contributed by atoms with Crippen molar-refractivity contribution < 1.29 is 23.1 Å². The summed E-state index contributed by atoms with van der Waals surface area (Å²) in [6.07, 6.45) is -0.314. The number of sulfonamides is 1. The molecule has 0 spiro atoms. The summed E-state index contributed by atoms with van der Waals surface area (Å²) in [5, 5.41) is 11.8. The standard InChI is InChI=1S/C19H21ClN2O5S/c1-12-4-6-13(7-5-12)16(11-18(23)24)21-19(25)14-8-9-15(20)17(10-14)28(26,27)22(2)3/h4-10,16H,11H2,1-3H3,(H,21,25)(H,23,24)/t16-/m0/s1.